The SMILES string of the molecule is CCn1ncc(Br)c1C(Cc1ccc(F)c(F)c1)NN. The molecule has 3 N–H and O–H groups in total. The average Bonchev–Trinajstić information content (AvgIpc) is 2.81. The fraction of sp³-hybridized carbons (Fsp3) is 0.308. The van der Waals surface area contributed by atoms with Crippen molar-refractivity contribution in [3.63, 3.8) is 0 Å². The van der Waals surface area contributed by atoms with E-state index >= 15 is 0 Å². The van der Waals surface area contributed by atoms with E-state index in [4.69, 9.17) is 5.84 Å². The van der Waals surface area contributed by atoms with Crippen LogP contribution in [0.25, 0.3) is 0 Å². The number of hydrogen-bond donors (Lipinski definition) is 2. The summed E-state index contributed by atoms with van der Waals surface area (Å²) in [6.45, 7) is 2.66. The van der Waals surface area contributed by atoms with Crippen LogP contribution < -0.4 is 11.3 Å². The molecule has 1 heterocycles. The zero-order chi connectivity index (χ0) is 14.7. The summed E-state index contributed by atoms with van der Waals surface area (Å²) in [5.41, 5.74) is 4.23. The molecule has 7 heteroatoms. The minimum absolute atomic E-state index is 0.253. The molecule has 0 saturated carbocycles. The summed E-state index contributed by atoms with van der Waals surface area (Å²) in [5.74, 6) is 3.88. The molecular weight excluding hydrogens is 330 g/mol. The van der Waals surface area contributed by atoms with Gasteiger partial charge in [0.05, 0.1) is 22.4 Å². The summed E-state index contributed by atoms with van der Waals surface area (Å²) in [4.78, 5) is 0. The van der Waals surface area contributed by atoms with Gasteiger partial charge in [0.2, 0.25) is 0 Å². The lowest BCUT2D eigenvalue weighted by atomic mass is 10.0. The Labute approximate surface area is 124 Å². The predicted octanol–water partition coefficient (Wildman–Crippen LogP) is 2.69. The molecule has 0 bridgehead atoms. The molecule has 0 radical (unpaired) electrons. The molecule has 2 aromatic rings. The number of nitrogens with two attached hydrogens (primary N) is 1. The number of benzene rings is 1. The topological polar surface area (TPSA) is 55.9 Å². The van der Waals surface area contributed by atoms with Gasteiger partial charge in [-0.2, -0.15) is 5.10 Å². The number of rotatable bonds is 5. The number of nitrogens with zero attached hydrogens (tertiary/aromatic N) is 2. The third kappa shape index (κ3) is 3.05. The third-order valence-corrected chi connectivity index (χ3v) is 3.70. The maximum atomic E-state index is 13.2. The van der Waals surface area contributed by atoms with E-state index in [0.717, 1.165) is 16.2 Å². The predicted molar refractivity (Wildman–Crippen MR) is 75.7 cm³/mol. The van der Waals surface area contributed by atoms with Crippen LogP contribution in [0.15, 0.2) is 28.9 Å². The lowest BCUT2D eigenvalue weighted by Crippen LogP contribution is -2.31. The first-order valence-corrected chi connectivity index (χ1v) is 6.97. The van der Waals surface area contributed by atoms with E-state index in [9.17, 15) is 8.78 Å². The lowest BCUT2D eigenvalue weighted by Gasteiger charge is -2.18. The van der Waals surface area contributed by atoms with Crippen molar-refractivity contribution in [3.05, 3.63) is 51.8 Å². The highest BCUT2D eigenvalue weighted by Crippen LogP contribution is 2.26. The number of hydrogen-bond acceptors (Lipinski definition) is 3. The molecule has 1 aromatic heterocycles. The fourth-order valence-corrected chi connectivity index (χ4v) is 2.68. The monoisotopic (exact) mass is 344 g/mol. The Morgan fingerprint density at radius 1 is 1.40 bits per heavy atom. The molecule has 1 unspecified atom stereocenters. The van der Waals surface area contributed by atoms with Crippen LogP contribution in [0.2, 0.25) is 0 Å². The summed E-state index contributed by atoms with van der Waals surface area (Å²) < 4.78 is 28.8. The van der Waals surface area contributed by atoms with Crippen LogP contribution in [0, 0.1) is 11.6 Å². The Morgan fingerprint density at radius 2 is 2.15 bits per heavy atom. The van der Waals surface area contributed by atoms with Crippen molar-refractivity contribution in [2.45, 2.75) is 25.9 Å². The number of aryl methyl sites for hydroxylation is 1. The first-order valence-electron chi connectivity index (χ1n) is 6.18. The van der Waals surface area contributed by atoms with Crippen LogP contribution in [-0.2, 0) is 13.0 Å². The molecule has 0 aliphatic heterocycles. The van der Waals surface area contributed by atoms with Gasteiger partial charge in [-0.05, 0) is 47.0 Å². The van der Waals surface area contributed by atoms with Crippen molar-refractivity contribution in [1.82, 2.24) is 15.2 Å². The van der Waals surface area contributed by atoms with Gasteiger partial charge in [0.1, 0.15) is 0 Å². The lowest BCUT2D eigenvalue weighted by molar-refractivity contribution is 0.482. The number of hydrazine groups is 1. The second-order valence-corrected chi connectivity index (χ2v) is 5.22. The van der Waals surface area contributed by atoms with Crippen molar-refractivity contribution in [1.29, 1.82) is 0 Å². The molecule has 1 atom stereocenters. The average molecular weight is 345 g/mol. The van der Waals surface area contributed by atoms with Gasteiger partial charge in [-0.15, -0.1) is 0 Å². The van der Waals surface area contributed by atoms with Gasteiger partial charge in [-0.3, -0.25) is 16.0 Å². The Morgan fingerprint density at radius 3 is 2.75 bits per heavy atom. The van der Waals surface area contributed by atoms with E-state index in [0.29, 0.717) is 18.5 Å². The highest BCUT2D eigenvalue weighted by Gasteiger charge is 2.19. The molecule has 0 aliphatic rings. The van der Waals surface area contributed by atoms with E-state index in [1.54, 1.807) is 16.9 Å². The van der Waals surface area contributed by atoms with E-state index in [1.165, 1.54) is 6.07 Å². The zero-order valence-corrected chi connectivity index (χ0v) is 12.5. The molecule has 4 nitrogen and oxygen atoms in total. The Balaban J connectivity index is 2.28. The molecule has 2 rings (SSSR count). The summed E-state index contributed by atoms with van der Waals surface area (Å²) in [5, 5.41) is 4.22. The normalized spacial score (nSPS) is 12.7. The highest BCUT2D eigenvalue weighted by atomic mass is 79.9. The van der Waals surface area contributed by atoms with Crippen molar-refractivity contribution < 1.29 is 8.78 Å². The molecular formula is C13H15BrF2N4. The number of halogens is 3. The highest BCUT2D eigenvalue weighted by molar-refractivity contribution is 9.10. The van der Waals surface area contributed by atoms with Crippen LogP contribution in [0.3, 0.4) is 0 Å². The molecule has 0 fully saturated rings. The largest absolute Gasteiger partial charge is 0.271 e. The smallest absolute Gasteiger partial charge is 0.159 e. The van der Waals surface area contributed by atoms with E-state index in [2.05, 4.69) is 26.5 Å². The maximum Gasteiger partial charge on any atom is 0.159 e. The second kappa shape index (κ2) is 6.43. The van der Waals surface area contributed by atoms with Crippen molar-refractivity contribution >= 4 is 15.9 Å². The zero-order valence-electron chi connectivity index (χ0n) is 10.9. The molecule has 0 saturated heterocycles. The van der Waals surface area contributed by atoms with Crippen LogP contribution in [-0.4, -0.2) is 9.78 Å². The minimum Gasteiger partial charge on any atom is -0.271 e. The standard InChI is InChI=1S/C13H15BrF2N4/c1-2-20-13(9(14)7-18-20)12(19-17)6-8-3-4-10(15)11(16)5-8/h3-5,7,12,19H,2,6,17H2,1H3. The van der Waals surface area contributed by atoms with Crippen LogP contribution >= 0.6 is 15.9 Å². The van der Waals surface area contributed by atoms with E-state index < -0.39 is 11.6 Å². The Bertz CT molecular complexity index is 600. The molecule has 108 valence electrons. The summed E-state index contributed by atoms with van der Waals surface area (Å²) in [6, 6.07) is 3.59. The molecule has 0 amide bonds. The Hall–Kier alpha value is -1.31. The minimum atomic E-state index is -0.860. The van der Waals surface area contributed by atoms with Crippen molar-refractivity contribution in [2.24, 2.45) is 5.84 Å². The summed E-state index contributed by atoms with van der Waals surface area (Å²) in [7, 11) is 0. The van der Waals surface area contributed by atoms with Gasteiger partial charge in [-0.1, -0.05) is 6.07 Å². The summed E-state index contributed by atoms with van der Waals surface area (Å²) in [6.07, 6.45) is 2.12. The first-order chi connectivity index (χ1) is 9.56. The Kier molecular flexibility index (Phi) is 4.85. The number of aromatic nitrogens is 2. The van der Waals surface area contributed by atoms with Crippen LogP contribution in [0.4, 0.5) is 8.78 Å². The molecule has 0 spiro atoms. The van der Waals surface area contributed by atoms with Gasteiger partial charge in [-0.25, -0.2) is 8.78 Å². The molecule has 20 heavy (non-hydrogen) atoms. The van der Waals surface area contributed by atoms with Crippen molar-refractivity contribution in [2.75, 3.05) is 0 Å². The summed E-state index contributed by atoms with van der Waals surface area (Å²) >= 11 is 3.43. The van der Waals surface area contributed by atoms with Crippen LogP contribution in [0.1, 0.15) is 24.2 Å². The van der Waals surface area contributed by atoms with E-state index in [1.807, 2.05) is 6.92 Å². The second-order valence-electron chi connectivity index (χ2n) is 4.37. The molecule has 0 aliphatic carbocycles. The van der Waals surface area contributed by atoms with Gasteiger partial charge in [0.15, 0.2) is 11.6 Å². The van der Waals surface area contributed by atoms with Crippen molar-refractivity contribution in [3.8, 4) is 0 Å². The first kappa shape index (κ1) is 15.1. The number of nitrogens with one attached hydrogen (secondary N) is 1. The quantitative estimate of drug-likeness (QED) is 0.647. The van der Waals surface area contributed by atoms with Crippen LogP contribution in [0.5, 0.6) is 0 Å². The van der Waals surface area contributed by atoms with E-state index in [-0.39, 0.29) is 6.04 Å². The van der Waals surface area contributed by atoms with Gasteiger partial charge >= 0.3 is 0 Å². The third-order valence-electron chi connectivity index (χ3n) is 3.09. The molecule has 1 aromatic carbocycles. The van der Waals surface area contributed by atoms with Gasteiger partial charge in [0.25, 0.3) is 0 Å². The fourth-order valence-electron chi connectivity index (χ4n) is 2.11. The maximum absolute atomic E-state index is 13.2. The van der Waals surface area contributed by atoms with Gasteiger partial charge in [0, 0.05) is 6.54 Å². The van der Waals surface area contributed by atoms with Gasteiger partial charge < -0.3 is 0 Å².